The van der Waals surface area contributed by atoms with Gasteiger partial charge in [0.05, 0.1) is 8.55 Å². The molecule has 0 radical (unpaired) electrons. The van der Waals surface area contributed by atoms with Crippen molar-refractivity contribution in [1.29, 1.82) is 0 Å². The predicted molar refractivity (Wildman–Crippen MR) is 63.8 cm³/mol. The van der Waals surface area contributed by atoms with E-state index in [1.165, 1.54) is 25.3 Å². The molecule has 1 fully saturated rings. The standard InChI is InChI=1S/C6H16Cl2OSi3/c1-2-3-4-6-5-11(7)10-12(8)9-6/h6,11-12H,2-5,10H2,1H3. The molecule has 3 atom stereocenters. The topological polar surface area (TPSA) is 9.23 Å². The van der Waals surface area contributed by atoms with Gasteiger partial charge in [0.2, 0.25) is 7.87 Å². The Hall–Kier alpha value is 1.19. The summed E-state index contributed by atoms with van der Waals surface area (Å²) in [5.41, 5.74) is 0. The normalized spacial score (nSPS) is 38.8. The Labute approximate surface area is 88.9 Å². The Morgan fingerprint density at radius 3 is 2.92 bits per heavy atom. The lowest BCUT2D eigenvalue weighted by Crippen LogP contribution is -2.42. The molecule has 1 heterocycles. The highest BCUT2D eigenvalue weighted by atomic mass is 35.6. The van der Waals surface area contributed by atoms with Gasteiger partial charge in [-0.2, -0.15) is 11.1 Å². The van der Waals surface area contributed by atoms with Crippen molar-refractivity contribution < 1.29 is 4.43 Å². The van der Waals surface area contributed by atoms with Crippen LogP contribution in [-0.4, -0.2) is 30.2 Å². The zero-order valence-corrected chi connectivity index (χ0v) is 12.7. The van der Waals surface area contributed by atoms with Crippen LogP contribution >= 0.6 is 22.2 Å². The minimum absolute atomic E-state index is 0.111. The first-order valence-electron chi connectivity index (χ1n) is 4.66. The van der Waals surface area contributed by atoms with Gasteiger partial charge in [-0.25, -0.2) is 0 Å². The highest BCUT2D eigenvalue weighted by molar-refractivity contribution is 7.60. The van der Waals surface area contributed by atoms with E-state index in [4.69, 9.17) is 26.6 Å². The lowest BCUT2D eigenvalue weighted by atomic mass is 10.2. The lowest BCUT2D eigenvalue weighted by molar-refractivity contribution is 0.218. The number of unbranched alkanes of at least 4 members (excludes halogenated alkanes) is 1. The molecule has 3 unspecified atom stereocenters. The Balaban J connectivity index is 2.24. The Bertz CT molecular complexity index is 128. The molecule has 1 aliphatic rings. The molecule has 72 valence electrons. The summed E-state index contributed by atoms with van der Waals surface area (Å²) in [6, 6.07) is 1.20. The first-order chi connectivity index (χ1) is 5.72. The molecule has 0 aliphatic carbocycles. The fourth-order valence-corrected chi connectivity index (χ4v) is 28.1. The summed E-state index contributed by atoms with van der Waals surface area (Å²) in [6.07, 6.45) is 4.16. The second-order valence-electron chi connectivity index (χ2n) is 3.38. The van der Waals surface area contributed by atoms with Gasteiger partial charge in [0.1, 0.15) is 7.62 Å². The van der Waals surface area contributed by atoms with Crippen molar-refractivity contribution in [2.75, 3.05) is 0 Å². The van der Waals surface area contributed by atoms with E-state index in [9.17, 15) is 0 Å². The molecular formula is C6H16Cl2OSi3. The molecule has 0 saturated carbocycles. The molecule has 0 amide bonds. The first-order valence-corrected chi connectivity index (χ1v) is 16.0. The highest BCUT2D eigenvalue weighted by Crippen LogP contribution is 2.20. The van der Waals surface area contributed by atoms with Gasteiger partial charge in [0.15, 0.2) is 0 Å². The van der Waals surface area contributed by atoms with Crippen LogP contribution in [0.25, 0.3) is 0 Å². The monoisotopic (exact) mass is 258 g/mol. The average Bonchev–Trinajstić information content (AvgIpc) is 1.99. The molecule has 1 rings (SSSR count). The number of hydrogen-bond donors (Lipinski definition) is 0. The molecule has 1 aliphatic heterocycles. The van der Waals surface area contributed by atoms with Crippen molar-refractivity contribution in [1.82, 2.24) is 0 Å². The molecule has 12 heavy (non-hydrogen) atoms. The fraction of sp³-hybridized carbons (Fsp3) is 1.00. The van der Waals surface area contributed by atoms with E-state index < -0.39 is 15.5 Å². The van der Waals surface area contributed by atoms with Crippen LogP contribution in [0.4, 0.5) is 0 Å². The average molecular weight is 259 g/mol. The van der Waals surface area contributed by atoms with Crippen molar-refractivity contribution in [2.45, 2.75) is 38.3 Å². The predicted octanol–water partition coefficient (Wildman–Crippen LogP) is 1.16. The molecule has 0 spiro atoms. The number of halogens is 2. The van der Waals surface area contributed by atoms with E-state index in [0.29, 0.717) is 6.10 Å². The van der Waals surface area contributed by atoms with Crippen molar-refractivity contribution in [2.24, 2.45) is 0 Å². The summed E-state index contributed by atoms with van der Waals surface area (Å²) < 4.78 is 5.78. The zero-order chi connectivity index (χ0) is 8.97. The van der Waals surface area contributed by atoms with Gasteiger partial charge >= 0.3 is 0 Å². The summed E-state index contributed by atoms with van der Waals surface area (Å²) in [4.78, 5) is 0. The van der Waals surface area contributed by atoms with Crippen LogP contribution in [0.15, 0.2) is 0 Å². The molecule has 1 saturated heterocycles. The maximum Gasteiger partial charge on any atom is 0.249 e. The van der Waals surface area contributed by atoms with Gasteiger partial charge in [0.25, 0.3) is 0 Å². The molecule has 0 aromatic carbocycles. The third kappa shape index (κ3) is 3.93. The van der Waals surface area contributed by atoms with Crippen LogP contribution in [0.1, 0.15) is 26.2 Å². The summed E-state index contributed by atoms with van der Waals surface area (Å²) in [5.74, 6) is 0. The molecule has 1 nitrogen and oxygen atoms in total. The summed E-state index contributed by atoms with van der Waals surface area (Å²) >= 11 is 12.4. The van der Waals surface area contributed by atoms with Gasteiger partial charge < -0.3 is 4.43 Å². The van der Waals surface area contributed by atoms with Crippen LogP contribution in [0, 0.1) is 0 Å². The van der Waals surface area contributed by atoms with Crippen molar-refractivity contribution in [3.05, 3.63) is 0 Å². The van der Waals surface area contributed by atoms with Gasteiger partial charge in [0, 0.05) is 6.10 Å². The maximum atomic E-state index is 6.26. The van der Waals surface area contributed by atoms with Gasteiger partial charge in [-0.1, -0.05) is 19.8 Å². The van der Waals surface area contributed by atoms with Crippen molar-refractivity contribution in [3.63, 3.8) is 0 Å². The summed E-state index contributed by atoms with van der Waals surface area (Å²) in [7, 11) is -2.16. The zero-order valence-electron chi connectivity index (χ0n) is 7.43. The molecule has 6 heteroatoms. The van der Waals surface area contributed by atoms with Crippen molar-refractivity contribution >= 4 is 46.2 Å². The van der Waals surface area contributed by atoms with Gasteiger partial charge in [-0.15, -0.1) is 11.1 Å². The Morgan fingerprint density at radius 1 is 1.58 bits per heavy atom. The SMILES string of the molecule is CCCCC1C[SiH](Cl)[SiH2][SiH](Cl)O1. The van der Waals surface area contributed by atoms with Crippen LogP contribution in [0.5, 0.6) is 0 Å². The third-order valence-corrected chi connectivity index (χ3v) is 27.4. The van der Waals surface area contributed by atoms with Gasteiger partial charge in [-0.3, -0.25) is 0 Å². The van der Waals surface area contributed by atoms with Crippen LogP contribution in [0.3, 0.4) is 0 Å². The van der Waals surface area contributed by atoms with E-state index in [1.54, 1.807) is 0 Å². The Morgan fingerprint density at radius 2 is 2.33 bits per heavy atom. The second-order valence-corrected chi connectivity index (χ2v) is 23.9. The van der Waals surface area contributed by atoms with Crippen molar-refractivity contribution in [3.8, 4) is 0 Å². The van der Waals surface area contributed by atoms with Crippen LogP contribution in [0.2, 0.25) is 6.04 Å². The van der Waals surface area contributed by atoms with E-state index in [0.717, 1.165) is 0 Å². The lowest BCUT2D eigenvalue weighted by Gasteiger charge is -2.28. The largest absolute Gasteiger partial charge is 0.406 e. The Kier molecular flexibility index (Phi) is 5.47. The number of hydrogen-bond acceptors (Lipinski definition) is 1. The van der Waals surface area contributed by atoms with E-state index in [-0.39, 0.29) is 8.55 Å². The molecule has 0 N–H and O–H groups in total. The van der Waals surface area contributed by atoms with E-state index in [2.05, 4.69) is 6.92 Å². The second kappa shape index (κ2) is 5.82. The van der Waals surface area contributed by atoms with E-state index >= 15 is 0 Å². The van der Waals surface area contributed by atoms with Gasteiger partial charge in [-0.05, 0) is 12.5 Å². The molecule has 0 aromatic heterocycles. The minimum Gasteiger partial charge on any atom is -0.406 e. The molecule has 0 aromatic rings. The minimum atomic E-state index is -1.21. The highest BCUT2D eigenvalue weighted by Gasteiger charge is 2.29. The quantitative estimate of drug-likeness (QED) is 0.546. The molecule has 0 bridgehead atoms. The first kappa shape index (κ1) is 11.3. The third-order valence-electron chi connectivity index (χ3n) is 2.18. The summed E-state index contributed by atoms with van der Waals surface area (Å²) in [5, 5.41) is 0. The van der Waals surface area contributed by atoms with E-state index in [1.807, 2.05) is 0 Å². The smallest absolute Gasteiger partial charge is 0.249 e. The molecular weight excluding hydrogens is 243 g/mol. The summed E-state index contributed by atoms with van der Waals surface area (Å²) in [6.45, 7) is 2.21. The van der Waals surface area contributed by atoms with Crippen LogP contribution in [-0.2, 0) is 4.43 Å². The number of rotatable bonds is 3. The van der Waals surface area contributed by atoms with Crippen LogP contribution < -0.4 is 0 Å². The fourth-order valence-electron chi connectivity index (χ4n) is 1.52. The maximum absolute atomic E-state index is 6.26.